The molecule has 19 heavy (non-hydrogen) atoms. The summed E-state index contributed by atoms with van der Waals surface area (Å²) in [5.41, 5.74) is 2.33. The summed E-state index contributed by atoms with van der Waals surface area (Å²) < 4.78 is 26.4. The van der Waals surface area contributed by atoms with Gasteiger partial charge in [-0.25, -0.2) is 13.6 Å². The Morgan fingerprint density at radius 2 is 1.32 bits per heavy atom. The highest BCUT2D eigenvalue weighted by Gasteiger charge is 2.13. The number of hydrogen-bond acceptors (Lipinski definition) is 1. The molecule has 98 valence electrons. The number of rotatable bonds is 2. The van der Waals surface area contributed by atoms with Crippen molar-refractivity contribution in [1.29, 1.82) is 0 Å². The van der Waals surface area contributed by atoms with Gasteiger partial charge in [-0.3, -0.25) is 0 Å². The van der Waals surface area contributed by atoms with E-state index < -0.39 is 17.6 Å². The fourth-order valence-corrected chi connectivity index (χ4v) is 2.19. The van der Waals surface area contributed by atoms with E-state index in [2.05, 4.69) is 0 Å². The molecule has 0 fully saturated rings. The molecule has 0 aliphatic carbocycles. The van der Waals surface area contributed by atoms with Crippen molar-refractivity contribution in [2.24, 2.45) is 0 Å². The third kappa shape index (κ3) is 2.62. The Morgan fingerprint density at radius 1 is 0.895 bits per heavy atom. The smallest absolute Gasteiger partial charge is 0.336 e. The molecule has 0 aliphatic heterocycles. The van der Waals surface area contributed by atoms with Gasteiger partial charge < -0.3 is 5.11 Å². The molecule has 0 bridgehead atoms. The van der Waals surface area contributed by atoms with Gasteiger partial charge in [0.1, 0.15) is 11.6 Å². The average Bonchev–Trinajstić information content (AvgIpc) is 2.25. The molecule has 0 radical (unpaired) electrons. The number of aryl methyl sites for hydroxylation is 2. The molecular formula is C15H12F2O2. The highest BCUT2D eigenvalue weighted by molar-refractivity contribution is 5.92. The Labute approximate surface area is 109 Å². The van der Waals surface area contributed by atoms with Crippen LogP contribution in [0.25, 0.3) is 11.1 Å². The zero-order valence-corrected chi connectivity index (χ0v) is 10.5. The van der Waals surface area contributed by atoms with E-state index in [0.717, 1.165) is 6.07 Å². The summed E-state index contributed by atoms with van der Waals surface area (Å²) in [5.74, 6) is -2.33. The minimum Gasteiger partial charge on any atom is -0.478 e. The van der Waals surface area contributed by atoms with E-state index in [0.29, 0.717) is 22.3 Å². The quantitative estimate of drug-likeness (QED) is 0.889. The SMILES string of the molecule is Cc1cc(-c2cc(F)cc(F)c2)cc(C)c1C(=O)O. The normalized spacial score (nSPS) is 10.5. The van der Waals surface area contributed by atoms with Gasteiger partial charge in [0.25, 0.3) is 0 Å². The van der Waals surface area contributed by atoms with Crippen LogP contribution in [-0.2, 0) is 0 Å². The third-order valence-corrected chi connectivity index (χ3v) is 2.94. The molecule has 0 amide bonds. The maximum Gasteiger partial charge on any atom is 0.336 e. The fourth-order valence-electron chi connectivity index (χ4n) is 2.19. The predicted molar refractivity (Wildman–Crippen MR) is 68.2 cm³/mol. The van der Waals surface area contributed by atoms with Crippen molar-refractivity contribution in [3.05, 3.63) is 58.7 Å². The Hall–Kier alpha value is -2.23. The first-order valence-electron chi connectivity index (χ1n) is 5.69. The number of hydrogen-bond donors (Lipinski definition) is 1. The minimum atomic E-state index is -1.01. The fraction of sp³-hybridized carbons (Fsp3) is 0.133. The van der Waals surface area contributed by atoms with Crippen molar-refractivity contribution in [1.82, 2.24) is 0 Å². The highest BCUT2D eigenvalue weighted by Crippen LogP contribution is 2.26. The highest BCUT2D eigenvalue weighted by atomic mass is 19.1. The molecule has 0 spiro atoms. The van der Waals surface area contributed by atoms with Crippen LogP contribution in [0.5, 0.6) is 0 Å². The third-order valence-electron chi connectivity index (χ3n) is 2.94. The van der Waals surface area contributed by atoms with Gasteiger partial charge in [-0.1, -0.05) is 12.1 Å². The van der Waals surface area contributed by atoms with Crippen LogP contribution in [0, 0.1) is 25.5 Å². The average molecular weight is 262 g/mol. The van der Waals surface area contributed by atoms with Crippen LogP contribution < -0.4 is 0 Å². The standard InChI is InChI=1S/C15H12F2O2/c1-8-3-10(4-9(2)14(8)15(18)19)11-5-12(16)7-13(17)6-11/h3-7H,1-2H3,(H,18,19). The molecule has 2 nitrogen and oxygen atoms in total. The zero-order valence-electron chi connectivity index (χ0n) is 10.5. The lowest BCUT2D eigenvalue weighted by atomic mass is 9.95. The first-order chi connectivity index (χ1) is 8.88. The summed E-state index contributed by atoms with van der Waals surface area (Å²) in [6.45, 7) is 3.32. The summed E-state index contributed by atoms with van der Waals surface area (Å²) in [6, 6.07) is 6.47. The molecule has 0 aliphatic rings. The largest absolute Gasteiger partial charge is 0.478 e. The van der Waals surface area contributed by atoms with Gasteiger partial charge in [0, 0.05) is 6.07 Å². The van der Waals surface area contributed by atoms with Crippen molar-refractivity contribution < 1.29 is 18.7 Å². The second-order valence-electron chi connectivity index (χ2n) is 4.45. The van der Waals surface area contributed by atoms with E-state index in [-0.39, 0.29) is 5.56 Å². The number of halogens is 2. The minimum absolute atomic E-state index is 0.223. The van der Waals surface area contributed by atoms with Gasteiger partial charge in [0.2, 0.25) is 0 Å². The van der Waals surface area contributed by atoms with Crippen LogP contribution in [0.1, 0.15) is 21.5 Å². The molecular weight excluding hydrogens is 250 g/mol. The number of carboxylic acid groups (broad SMARTS) is 1. The number of carboxylic acids is 1. The van der Waals surface area contributed by atoms with Crippen molar-refractivity contribution >= 4 is 5.97 Å². The lowest BCUT2D eigenvalue weighted by Gasteiger charge is -2.10. The predicted octanol–water partition coefficient (Wildman–Crippen LogP) is 3.95. The summed E-state index contributed by atoms with van der Waals surface area (Å²) in [5, 5.41) is 9.08. The van der Waals surface area contributed by atoms with Crippen LogP contribution in [0.3, 0.4) is 0 Å². The zero-order chi connectivity index (χ0) is 14.2. The second kappa shape index (κ2) is 4.80. The Kier molecular flexibility index (Phi) is 3.34. The molecule has 2 rings (SSSR count). The van der Waals surface area contributed by atoms with E-state index in [9.17, 15) is 13.6 Å². The van der Waals surface area contributed by atoms with E-state index in [1.54, 1.807) is 26.0 Å². The van der Waals surface area contributed by atoms with Crippen molar-refractivity contribution in [3.63, 3.8) is 0 Å². The molecule has 0 saturated carbocycles. The van der Waals surface area contributed by atoms with E-state index in [4.69, 9.17) is 5.11 Å². The van der Waals surface area contributed by atoms with Crippen molar-refractivity contribution in [2.75, 3.05) is 0 Å². The van der Waals surface area contributed by atoms with Crippen molar-refractivity contribution in [3.8, 4) is 11.1 Å². The second-order valence-corrected chi connectivity index (χ2v) is 4.45. The molecule has 0 saturated heterocycles. The van der Waals surface area contributed by atoms with Crippen LogP contribution in [0.2, 0.25) is 0 Å². The first kappa shape index (κ1) is 13.2. The van der Waals surface area contributed by atoms with Gasteiger partial charge in [-0.05, 0) is 48.2 Å². The van der Waals surface area contributed by atoms with E-state index in [1.807, 2.05) is 0 Å². The number of benzene rings is 2. The lowest BCUT2D eigenvalue weighted by molar-refractivity contribution is 0.0695. The van der Waals surface area contributed by atoms with Gasteiger partial charge in [0.15, 0.2) is 0 Å². The number of aromatic carboxylic acids is 1. The van der Waals surface area contributed by atoms with Gasteiger partial charge >= 0.3 is 5.97 Å². The van der Waals surface area contributed by atoms with E-state index in [1.165, 1.54) is 12.1 Å². The monoisotopic (exact) mass is 262 g/mol. The van der Waals surface area contributed by atoms with Crippen molar-refractivity contribution in [2.45, 2.75) is 13.8 Å². The molecule has 0 atom stereocenters. The lowest BCUT2D eigenvalue weighted by Crippen LogP contribution is -2.03. The van der Waals surface area contributed by atoms with Crippen LogP contribution >= 0.6 is 0 Å². The molecule has 0 unspecified atom stereocenters. The van der Waals surface area contributed by atoms with Crippen LogP contribution in [0.4, 0.5) is 8.78 Å². The molecule has 2 aromatic rings. The van der Waals surface area contributed by atoms with Gasteiger partial charge in [-0.15, -0.1) is 0 Å². The molecule has 2 aromatic carbocycles. The van der Waals surface area contributed by atoms with Crippen LogP contribution in [-0.4, -0.2) is 11.1 Å². The first-order valence-corrected chi connectivity index (χ1v) is 5.69. The summed E-state index contributed by atoms with van der Waals surface area (Å²) in [7, 11) is 0. The maximum atomic E-state index is 13.2. The molecule has 0 heterocycles. The maximum absolute atomic E-state index is 13.2. The summed E-state index contributed by atoms with van der Waals surface area (Å²) in [6.07, 6.45) is 0. The summed E-state index contributed by atoms with van der Waals surface area (Å²) in [4.78, 5) is 11.1. The Bertz CT molecular complexity index is 620. The molecule has 0 aromatic heterocycles. The van der Waals surface area contributed by atoms with Gasteiger partial charge in [-0.2, -0.15) is 0 Å². The van der Waals surface area contributed by atoms with E-state index >= 15 is 0 Å². The number of carbonyl (C=O) groups is 1. The summed E-state index contributed by atoms with van der Waals surface area (Å²) >= 11 is 0. The van der Waals surface area contributed by atoms with Crippen LogP contribution in [0.15, 0.2) is 30.3 Å². The van der Waals surface area contributed by atoms with Gasteiger partial charge in [0.05, 0.1) is 5.56 Å². The molecule has 1 N–H and O–H groups in total. The Morgan fingerprint density at radius 3 is 1.74 bits per heavy atom. The molecule has 4 heteroatoms. The Balaban J connectivity index is 2.61. The topological polar surface area (TPSA) is 37.3 Å².